The zero-order chi connectivity index (χ0) is 15.1. The van der Waals surface area contributed by atoms with Gasteiger partial charge in [-0.15, -0.1) is 0 Å². The summed E-state index contributed by atoms with van der Waals surface area (Å²) in [7, 11) is 0. The third-order valence-electron chi connectivity index (χ3n) is 3.20. The molecule has 0 spiro atoms. The van der Waals surface area contributed by atoms with Gasteiger partial charge >= 0.3 is 5.69 Å². The second-order valence-corrected chi connectivity index (χ2v) is 6.21. The molecule has 0 saturated carbocycles. The normalized spacial score (nSPS) is 12.8. The van der Waals surface area contributed by atoms with Crippen LogP contribution in [0.2, 0.25) is 10.0 Å². The van der Waals surface area contributed by atoms with Gasteiger partial charge in [0.05, 0.1) is 11.0 Å². The Bertz CT molecular complexity index is 868. The Kier molecular flexibility index (Phi) is 3.84. The molecular formula is C14H9BrCl2N2O2. The molecule has 4 nitrogen and oxygen atoms in total. The van der Waals surface area contributed by atoms with Crippen LogP contribution in [-0.2, 0) is 0 Å². The van der Waals surface area contributed by atoms with Gasteiger partial charge in [0, 0.05) is 25.6 Å². The highest BCUT2D eigenvalue weighted by Gasteiger charge is 2.20. The zero-order valence-electron chi connectivity index (χ0n) is 10.5. The van der Waals surface area contributed by atoms with E-state index in [1.807, 2.05) is 0 Å². The SMILES string of the molecule is O=c1[nH]c2cc(Br)c(C(O)c3c(Cl)cccc3Cl)cc2[nH]1. The summed E-state index contributed by atoms with van der Waals surface area (Å²) in [6.45, 7) is 0. The van der Waals surface area contributed by atoms with Crippen molar-refractivity contribution in [3.63, 3.8) is 0 Å². The second kappa shape index (κ2) is 5.50. The number of aromatic nitrogens is 2. The summed E-state index contributed by atoms with van der Waals surface area (Å²) in [5.41, 5.74) is 1.93. The number of H-pyrrole nitrogens is 2. The van der Waals surface area contributed by atoms with Crippen LogP contribution in [0, 0.1) is 0 Å². The Morgan fingerprint density at radius 3 is 2.29 bits per heavy atom. The van der Waals surface area contributed by atoms with Crippen LogP contribution in [0.3, 0.4) is 0 Å². The first-order valence-corrected chi connectivity index (χ1v) is 7.55. The van der Waals surface area contributed by atoms with E-state index in [0.29, 0.717) is 36.7 Å². The number of hydrogen-bond acceptors (Lipinski definition) is 2. The van der Waals surface area contributed by atoms with E-state index >= 15 is 0 Å². The summed E-state index contributed by atoms with van der Waals surface area (Å²) >= 11 is 15.6. The van der Waals surface area contributed by atoms with Gasteiger partial charge in [0.2, 0.25) is 0 Å². The Morgan fingerprint density at radius 2 is 1.67 bits per heavy atom. The number of benzene rings is 2. The summed E-state index contributed by atoms with van der Waals surface area (Å²) in [5, 5.41) is 11.4. The molecule has 21 heavy (non-hydrogen) atoms. The minimum atomic E-state index is -1.01. The number of hydrogen-bond donors (Lipinski definition) is 3. The monoisotopic (exact) mass is 386 g/mol. The van der Waals surface area contributed by atoms with E-state index < -0.39 is 6.10 Å². The molecule has 0 aliphatic rings. The predicted octanol–water partition coefficient (Wildman–Crippen LogP) is 4.01. The third kappa shape index (κ3) is 2.62. The average Bonchev–Trinajstić information content (AvgIpc) is 2.76. The summed E-state index contributed by atoms with van der Waals surface area (Å²) < 4.78 is 0.647. The standard InChI is InChI=1S/C14H9BrCl2N2O2/c15-7-5-11-10(18-14(21)19-11)4-6(7)13(20)12-8(16)2-1-3-9(12)17/h1-5,13,20H,(H2,18,19,21). The molecule has 3 rings (SSSR count). The molecule has 0 radical (unpaired) electrons. The molecular weight excluding hydrogens is 379 g/mol. The lowest BCUT2D eigenvalue weighted by molar-refractivity contribution is 0.220. The minimum Gasteiger partial charge on any atom is -0.384 e. The van der Waals surface area contributed by atoms with Gasteiger partial charge in [-0.3, -0.25) is 0 Å². The van der Waals surface area contributed by atoms with Crippen molar-refractivity contribution in [1.82, 2.24) is 9.97 Å². The zero-order valence-corrected chi connectivity index (χ0v) is 13.6. The van der Waals surface area contributed by atoms with Crippen LogP contribution in [0.15, 0.2) is 39.6 Å². The lowest BCUT2D eigenvalue weighted by Crippen LogP contribution is -2.03. The fourth-order valence-corrected chi connectivity index (χ4v) is 3.37. The topological polar surface area (TPSA) is 68.9 Å². The molecule has 1 aromatic heterocycles. The van der Waals surface area contributed by atoms with Crippen LogP contribution in [0.5, 0.6) is 0 Å². The maximum atomic E-state index is 11.3. The third-order valence-corrected chi connectivity index (χ3v) is 4.55. The first-order valence-electron chi connectivity index (χ1n) is 6.01. The van der Waals surface area contributed by atoms with Crippen LogP contribution in [0.25, 0.3) is 11.0 Å². The summed E-state index contributed by atoms with van der Waals surface area (Å²) in [6, 6.07) is 8.44. The van der Waals surface area contributed by atoms with Gasteiger partial charge in [-0.1, -0.05) is 45.2 Å². The molecule has 0 saturated heterocycles. The number of aliphatic hydroxyl groups is 1. The first-order chi connectivity index (χ1) is 9.97. The summed E-state index contributed by atoms with van der Waals surface area (Å²) in [4.78, 5) is 16.6. The Hall–Kier alpha value is -1.27. The predicted molar refractivity (Wildman–Crippen MR) is 87.1 cm³/mol. The molecule has 108 valence electrons. The highest BCUT2D eigenvalue weighted by molar-refractivity contribution is 9.10. The van der Waals surface area contributed by atoms with E-state index in [9.17, 15) is 9.90 Å². The molecule has 0 aliphatic carbocycles. The Morgan fingerprint density at radius 1 is 1.10 bits per heavy atom. The first kappa shape index (κ1) is 14.7. The van der Waals surface area contributed by atoms with Crippen LogP contribution in [0.1, 0.15) is 17.2 Å². The molecule has 0 amide bonds. The summed E-state index contributed by atoms with van der Waals surface area (Å²) in [5.74, 6) is 0. The van der Waals surface area contributed by atoms with Crippen LogP contribution in [0.4, 0.5) is 0 Å². The largest absolute Gasteiger partial charge is 0.384 e. The fraction of sp³-hybridized carbons (Fsp3) is 0.0714. The lowest BCUT2D eigenvalue weighted by atomic mass is 10.0. The minimum absolute atomic E-state index is 0.306. The van der Waals surface area contributed by atoms with Gasteiger partial charge in [0.25, 0.3) is 0 Å². The number of aliphatic hydroxyl groups excluding tert-OH is 1. The highest BCUT2D eigenvalue weighted by atomic mass is 79.9. The van der Waals surface area contributed by atoms with E-state index in [0.717, 1.165) is 0 Å². The van der Waals surface area contributed by atoms with Gasteiger partial charge < -0.3 is 15.1 Å². The maximum absolute atomic E-state index is 11.3. The van der Waals surface area contributed by atoms with E-state index in [4.69, 9.17) is 23.2 Å². The quantitative estimate of drug-likeness (QED) is 0.621. The Labute approximate surface area is 137 Å². The number of fused-ring (bicyclic) bond motifs is 1. The van der Waals surface area contributed by atoms with Gasteiger partial charge in [-0.05, 0) is 24.3 Å². The number of halogens is 3. The van der Waals surface area contributed by atoms with Crippen LogP contribution in [-0.4, -0.2) is 15.1 Å². The summed E-state index contributed by atoms with van der Waals surface area (Å²) in [6.07, 6.45) is -1.01. The number of rotatable bonds is 2. The number of imidazole rings is 1. The molecule has 1 atom stereocenters. The van der Waals surface area contributed by atoms with Crippen molar-refractivity contribution in [2.24, 2.45) is 0 Å². The van der Waals surface area contributed by atoms with E-state index in [2.05, 4.69) is 25.9 Å². The van der Waals surface area contributed by atoms with Crippen molar-refractivity contribution < 1.29 is 5.11 Å². The van der Waals surface area contributed by atoms with Gasteiger partial charge in [-0.25, -0.2) is 4.79 Å². The van der Waals surface area contributed by atoms with Crippen molar-refractivity contribution in [3.8, 4) is 0 Å². The molecule has 0 aliphatic heterocycles. The second-order valence-electron chi connectivity index (χ2n) is 4.54. The lowest BCUT2D eigenvalue weighted by Gasteiger charge is -2.16. The Balaban J connectivity index is 2.19. The highest BCUT2D eigenvalue weighted by Crippen LogP contribution is 2.37. The molecule has 1 unspecified atom stereocenters. The smallest absolute Gasteiger partial charge is 0.323 e. The van der Waals surface area contributed by atoms with Crippen molar-refractivity contribution in [3.05, 3.63) is 66.5 Å². The van der Waals surface area contributed by atoms with Crippen molar-refractivity contribution in [1.29, 1.82) is 0 Å². The molecule has 7 heteroatoms. The van der Waals surface area contributed by atoms with E-state index in [1.54, 1.807) is 30.3 Å². The van der Waals surface area contributed by atoms with Crippen LogP contribution < -0.4 is 5.69 Å². The molecule has 0 bridgehead atoms. The van der Waals surface area contributed by atoms with Crippen molar-refractivity contribution in [2.45, 2.75) is 6.10 Å². The van der Waals surface area contributed by atoms with Crippen molar-refractivity contribution >= 4 is 50.2 Å². The average molecular weight is 388 g/mol. The number of aromatic amines is 2. The molecule has 3 aromatic rings. The fourth-order valence-electron chi connectivity index (χ4n) is 2.21. The van der Waals surface area contributed by atoms with Gasteiger partial charge in [-0.2, -0.15) is 0 Å². The molecule has 3 N–H and O–H groups in total. The molecule has 2 aromatic carbocycles. The van der Waals surface area contributed by atoms with Gasteiger partial charge in [0.1, 0.15) is 6.10 Å². The number of nitrogens with one attached hydrogen (secondary N) is 2. The van der Waals surface area contributed by atoms with E-state index in [-0.39, 0.29) is 5.69 Å². The maximum Gasteiger partial charge on any atom is 0.323 e. The van der Waals surface area contributed by atoms with Gasteiger partial charge in [0.15, 0.2) is 0 Å². The van der Waals surface area contributed by atoms with Crippen molar-refractivity contribution in [2.75, 3.05) is 0 Å². The molecule has 0 fully saturated rings. The van der Waals surface area contributed by atoms with E-state index in [1.165, 1.54) is 0 Å². The molecule has 1 heterocycles. The van der Waals surface area contributed by atoms with Crippen LogP contribution >= 0.6 is 39.1 Å².